The minimum atomic E-state index is -0.564. The first-order chi connectivity index (χ1) is 12.9. The second-order valence-electron chi connectivity index (χ2n) is 7.53. The number of piperazine rings is 1. The highest BCUT2D eigenvalue weighted by atomic mass is 19.1. The summed E-state index contributed by atoms with van der Waals surface area (Å²) in [4.78, 5) is 26.9. The largest absolute Gasteiger partial charge is 0.355 e. The lowest BCUT2D eigenvalue weighted by Gasteiger charge is -2.39. The number of rotatable bonds is 4. The summed E-state index contributed by atoms with van der Waals surface area (Å²) in [5.74, 6) is 0.521. The van der Waals surface area contributed by atoms with E-state index in [2.05, 4.69) is 17.4 Å². The third-order valence-electron chi connectivity index (χ3n) is 5.69. The van der Waals surface area contributed by atoms with Crippen LogP contribution < -0.4 is 5.32 Å². The van der Waals surface area contributed by atoms with E-state index in [1.165, 1.54) is 31.0 Å². The number of amides is 2. The molecule has 1 aliphatic heterocycles. The Bertz CT molecular complexity index is 860. The van der Waals surface area contributed by atoms with Crippen LogP contribution in [0.25, 0.3) is 11.3 Å². The number of benzene rings is 1. The summed E-state index contributed by atoms with van der Waals surface area (Å²) in [5.41, 5.74) is 0.779. The van der Waals surface area contributed by atoms with Gasteiger partial charge in [-0.15, -0.1) is 0 Å². The molecule has 2 aliphatic rings. The first-order valence-electron chi connectivity index (χ1n) is 9.28. The zero-order valence-electron chi connectivity index (χ0n) is 15.3. The molecule has 1 aromatic carbocycles. The second kappa shape index (κ2) is 6.79. The molecule has 142 valence electrons. The number of hydrogen-bond acceptors (Lipinski definition) is 4. The number of nitrogens with zero attached hydrogens (tertiary/aromatic N) is 2. The Morgan fingerprint density at radius 3 is 2.70 bits per heavy atom. The molecule has 3 atom stereocenters. The van der Waals surface area contributed by atoms with E-state index in [4.69, 9.17) is 4.52 Å². The Labute approximate surface area is 156 Å². The number of hydrogen-bond donors (Lipinski definition) is 1. The number of nitrogens with one attached hydrogen (secondary N) is 1. The van der Waals surface area contributed by atoms with E-state index in [0.29, 0.717) is 29.7 Å². The van der Waals surface area contributed by atoms with E-state index >= 15 is 0 Å². The van der Waals surface area contributed by atoms with E-state index < -0.39 is 6.04 Å². The van der Waals surface area contributed by atoms with E-state index in [9.17, 15) is 14.0 Å². The lowest BCUT2D eigenvalue weighted by Crippen LogP contribution is -2.62. The van der Waals surface area contributed by atoms with Crippen molar-refractivity contribution in [1.29, 1.82) is 0 Å². The van der Waals surface area contributed by atoms with E-state index in [0.717, 1.165) is 0 Å². The van der Waals surface area contributed by atoms with Gasteiger partial charge in [0, 0.05) is 24.2 Å². The van der Waals surface area contributed by atoms with Gasteiger partial charge < -0.3 is 14.7 Å². The van der Waals surface area contributed by atoms with Gasteiger partial charge in [0.15, 0.2) is 11.5 Å². The topological polar surface area (TPSA) is 75.4 Å². The van der Waals surface area contributed by atoms with Crippen LogP contribution in [0.15, 0.2) is 34.9 Å². The monoisotopic (exact) mass is 371 g/mol. The summed E-state index contributed by atoms with van der Waals surface area (Å²) in [6.07, 6.45) is 2.36. The van der Waals surface area contributed by atoms with Crippen molar-refractivity contribution in [2.75, 3.05) is 6.54 Å². The SMILES string of the molecule is CC(C1CC1)C1CN(C(=O)c2cc(-c3ccc(F)cc3)on2)C(C)C(=O)N1. The van der Waals surface area contributed by atoms with Crippen LogP contribution in [0.1, 0.15) is 37.2 Å². The first kappa shape index (κ1) is 17.7. The molecule has 1 saturated heterocycles. The first-order valence-corrected chi connectivity index (χ1v) is 9.28. The van der Waals surface area contributed by atoms with Crippen LogP contribution in [0, 0.1) is 17.7 Å². The lowest BCUT2D eigenvalue weighted by atomic mass is 9.93. The van der Waals surface area contributed by atoms with Gasteiger partial charge in [-0.1, -0.05) is 12.1 Å². The standard InChI is InChI=1S/C20H22FN3O3/c1-11(13-3-4-13)17-10-24(12(2)19(25)22-17)20(26)16-9-18(27-23-16)14-5-7-15(21)8-6-14/h5-9,11-13,17H,3-4,10H2,1-2H3,(H,22,25). The maximum atomic E-state index is 13.1. The average Bonchev–Trinajstić information content (AvgIpc) is 3.40. The van der Waals surface area contributed by atoms with Gasteiger partial charge in [-0.25, -0.2) is 4.39 Å². The number of halogens is 1. The fourth-order valence-electron chi connectivity index (χ4n) is 3.64. The molecule has 3 unspecified atom stereocenters. The predicted octanol–water partition coefficient (Wildman–Crippen LogP) is 2.86. The zero-order valence-corrected chi connectivity index (χ0v) is 15.3. The van der Waals surface area contributed by atoms with Crippen LogP contribution in [0.3, 0.4) is 0 Å². The summed E-state index contributed by atoms with van der Waals surface area (Å²) >= 11 is 0. The zero-order chi connectivity index (χ0) is 19.1. The molecule has 1 N–H and O–H groups in total. The second-order valence-corrected chi connectivity index (χ2v) is 7.53. The van der Waals surface area contributed by atoms with Crippen molar-refractivity contribution in [3.05, 3.63) is 41.8 Å². The Kier molecular flexibility index (Phi) is 4.45. The molecule has 1 aliphatic carbocycles. The highest BCUT2D eigenvalue weighted by molar-refractivity contribution is 5.97. The van der Waals surface area contributed by atoms with E-state index in [-0.39, 0.29) is 29.4 Å². The molecule has 2 fully saturated rings. The molecule has 1 aromatic heterocycles. The summed E-state index contributed by atoms with van der Waals surface area (Å²) in [6.45, 7) is 4.30. The van der Waals surface area contributed by atoms with Crippen LogP contribution in [0.2, 0.25) is 0 Å². The maximum Gasteiger partial charge on any atom is 0.276 e. The Hall–Kier alpha value is -2.70. The third-order valence-corrected chi connectivity index (χ3v) is 5.69. The van der Waals surface area contributed by atoms with Crippen molar-refractivity contribution in [2.24, 2.45) is 11.8 Å². The summed E-state index contributed by atoms with van der Waals surface area (Å²) in [5, 5.41) is 6.92. The maximum absolute atomic E-state index is 13.1. The van der Waals surface area contributed by atoms with Crippen molar-refractivity contribution in [3.8, 4) is 11.3 Å². The average molecular weight is 371 g/mol. The molecule has 0 bridgehead atoms. The van der Waals surface area contributed by atoms with Gasteiger partial charge >= 0.3 is 0 Å². The Morgan fingerprint density at radius 1 is 1.33 bits per heavy atom. The molecule has 2 aromatic rings. The van der Waals surface area contributed by atoms with Gasteiger partial charge in [-0.2, -0.15) is 0 Å². The van der Waals surface area contributed by atoms with Crippen LogP contribution in [0.4, 0.5) is 4.39 Å². The van der Waals surface area contributed by atoms with Gasteiger partial charge in [0.25, 0.3) is 5.91 Å². The highest BCUT2D eigenvalue weighted by Crippen LogP contribution is 2.39. The van der Waals surface area contributed by atoms with Crippen LogP contribution in [-0.2, 0) is 4.79 Å². The van der Waals surface area contributed by atoms with Gasteiger partial charge in [0.2, 0.25) is 5.91 Å². The highest BCUT2D eigenvalue weighted by Gasteiger charge is 2.41. The molecule has 1 saturated carbocycles. The molecular weight excluding hydrogens is 349 g/mol. The van der Waals surface area contributed by atoms with Gasteiger partial charge in [0.1, 0.15) is 11.9 Å². The van der Waals surface area contributed by atoms with Crippen LogP contribution >= 0.6 is 0 Å². The molecular formula is C20H22FN3O3. The summed E-state index contributed by atoms with van der Waals surface area (Å²) < 4.78 is 18.3. The molecule has 6 nitrogen and oxygen atoms in total. The summed E-state index contributed by atoms with van der Waals surface area (Å²) in [7, 11) is 0. The quantitative estimate of drug-likeness (QED) is 0.897. The van der Waals surface area contributed by atoms with Crippen molar-refractivity contribution in [3.63, 3.8) is 0 Å². The van der Waals surface area contributed by atoms with Gasteiger partial charge in [0.05, 0.1) is 0 Å². The van der Waals surface area contributed by atoms with Crippen molar-refractivity contribution in [1.82, 2.24) is 15.4 Å². The molecule has 2 amide bonds. The van der Waals surface area contributed by atoms with Gasteiger partial charge in [-0.05, 0) is 55.9 Å². The van der Waals surface area contributed by atoms with Crippen molar-refractivity contribution in [2.45, 2.75) is 38.8 Å². The van der Waals surface area contributed by atoms with Crippen molar-refractivity contribution < 1.29 is 18.5 Å². The normalized spacial score (nSPS) is 23.8. The molecule has 27 heavy (non-hydrogen) atoms. The van der Waals surface area contributed by atoms with Crippen molar-refractivity contribution >= 4 is 11.8 Å². The number of aromatic nitrogens is 1. The van der Waals surface area contributed by atoms with E-state index in [1.807, 2.05) is 0 Å². The number of carbonyl (C=O) groups is 2. The molecule has 0 radical (unpaired) electrons. The van der Waals surface area contributed by atoms with E-state index in [1.54, 1.807) is 24.0 Å². The predicted molar refractivity (Wildman–Crippen MR) is 96.2 cm³/mol. The molecule has 4 rings (SSSR count). The Balaban J connectivity index is 1.53. The lowest BCUT2D eigenvalue weighted by molar-refractivity contribution is -0.129. The summed E-state index contributed by atoms with van der Waals surface area (Å²) in [6, 6.07) is 6.69. The third kappa shape index (κ3) is 3.46. The van der Waals surface area contributed by atoms with Gasteiger partial charge in [-0.3, -0.25) is 9.59 Å². The fraction of sp³-hybridized carbons (Fsp3) is 0.450. The van der Waals surface area contributed by atoms with Crippen LogP contribution in [-0.4, -0.2) is 40.5 Å². The smallest absolute Gasteiger partial charge is 0.276 e. The fourth-order valence-corrected chi connectivity index (χ4v) is 3.64. The minimum absolute atomic E-state index is 0.0476. The molecule has 7 heteroatoms. The molecule has 0 spiro atoms. The number of carbonyl (C=O) groups excluding carboxylic acids is 2. The van der Waals surface area contributed by atoms with Crippen LogP contribution in [0.5, 0.6) is 0 Å². The minimum Gasteiger partial charge on any atom is -0.355 e. The Morgan fingerprint density at radius 2 is 2.04 bits per heavy atom. The molecule has 2 heterocycles.